The number of hydrogen-bond donors (Lipinski definition) is 2. The van der Waals surface area contributed by atoms with E-state index in [4.69, 9.17) is 0 Å². The summed E-state index contributed by atoms with van der Waals surface area (Å²) in [5.41, 5.74) is 0.786. The highest BCUT2D eigenvalue weighted by atomic mass is 19.1. The van der Waals surface area contributed by atoms with Crippen molar-refractivity contribution in [1.29, 1.82) is 0 Å². The van der Waals surface area contributed by atoms with Crippen molar-refractivity contribution in [2.75, 3.05) is 5.32 Å². The van der Waals surface area contributed by atoms with Gasteiger partial charge in [0.05, 0.1) is 5.69 Å². The quantitative estimate of drug-likeness (QED) is 0.600. The summed E-state index contributed by atoms with van der Waals surface area (Å²) in [6, 6.07) is 3.79. The van der Waals surface area contributed by atoms with Crippen LogP contribution in [0, 0.1) is 5.82 Å². The Labute approximate surface area is 67.8 Å². The van der Waals surface area contributed by atoms with Crippen molar-refractivity contribution in [3.05, 3.63) is 29.6 Å². The summed E-state index contributed by atoms with van der Waals surface area (Å²) >= 11 is 0. The lowest BCUT2D eigenvalue weighted by molar-refractivity contribution is -0.123. The van der Waals surface area contributed by atoms with Crippen LogP contribution < -0.4 is 5.32 Å². The highest BCUT2D eigenvalue weighted by molar-refractivity contribution is 6.01. The number of anilines is 1. The van der Waals surface area contributed by atoms with Gasteiger partial charge in [-0.25, -0.2) is 4.39 Å². The highest BCUT2D eigenvalue weighted by Crippen LogP contribution is 2.30. The number of fused-ring (bicyclic) bond motifs is 1. The fourth-order valence-electron chi connectivity index (χ4n) is 1.22. The molecule has 12 heavy (non-hydrogen) atoms. The van der Waals surface area contributed by atoms with Gasteiger partial charge in [-0.3, -0.25) is 4.79 Å². The summed E-state index contributed by atoms with van der Waals surface area (Å²) in [5, 5.41) is 11.6. The van der Waals surface area contributed by atoms with Gasteiger partial charge in [-0.1, -0.05) is 6.07 Å². The van der Waals surface area contributed by atoms with Crippen molar-refractivity contribution in [3.63, 3.8) is 0 Å². The van der Waals surface area contributed by atoms with E-state index in [1.807, 2.05) is 0 Å². The number of rotatable bonds is 0. The van der Waals surface area contributed by atoms with Crippen LogP contribution in [0.5, 0.6) is 0 Å². The molecule has 0 radical (unpaired) electrons. The minimum Gasteiger partial charge on any atom is -0.378 e. The molecule has 4 heteroatoms. The molecule has 1 aliphatic rings. The van der Waals surface area contributed by atoms with Crippen LogP contribution in [0.4, 0.5) is 10.1 Å². The first-order valence-corrected chi connectivity index (χ1v) is 3.47. The Morgan fingerprint density at radius 1 is 1.50 bits per heavy atom. The van der Waals surface area contributed by atoms with E-state index in [-0.39, 0.29) is 0 Å². The van der Waals surface area contributed by atoms with Gasteiger partial charge in [0.25, 0.3) is 5.91 Å². The van der Waals surface area contributed by atoms with Crippen molar-refractivity contribution in [3.8, 4) is 0 Å². The molecule has 1 atom stereocenters. The van der Waals surface area contributed by atoms with Crippen molar-refractivity contribution < 1.29 is 14.3 Å². The molecule has 1 aromatic rings. The standard InChI is InChI=1S/C8H6FNO2/c9-4-1-2-5-6(3-4)10-8(12)7(5)11/h1-3,7,11H,(H,10,12). The zero-order chi connectivity index (χ0) is 8.72. The Morgan fingerprint density at radius 3 is 3.00 bits per heavy atom. The SMILES string of the molecule is O=C1Nc2cc(F)ccc2C1O. The number of benzene rings is 1. The third-order valence-electron chi connectivity index (χ3n) is 1.82. The van der Waals surface area contributed by atoms with Gasteiger partial charge >= 0.3 is 0 Å². The van der Waals surface area contributed by atoms with Gasteiger partial charge in [0.2, 0.25) is 0 Å². The van der Waals surface area contributed by atoms with E-state index >= 15 is 0 Å². The van der Waals surface area contributed by atoms with E-state index in [1.165, 1.54) is 18.2 Å². The number of aliphatic hydroxyl groups is 1. The van der Waals surface area contributed by atoms with Gasteiger partial charge in [0, 0.05) is 5.56 Å². The van der Waals surface area contributed by atoms with E-state index < -0.39 is 17.8 Å². The van der Waals surface area contributed by atoms with Crippen molar-refractivity contribution in [2.24, 2.45) is 0 Å². The predicted molar refractivity (Wildman–Crippen MR) is 40.0 cm³/mol. The molecule has 0 spiro atoms. The third kappa shape index (κ3) is 0.887. The Kier molecular flexibility index (Phi) is 1.38. The lowest BCUT2D eigenvalue weighted by Crippen LogP contribution is -2.10. The zero-order valence-corrected chi connectivity index (χ0v) is 6.04. The Morgan fingerprint density at radius 2 is 2.25 bits per heavy atom. The summed E-state index contributed by atoms with van der Waals surface area (Å²) in [5.74, 6) is -0.932. The molecule has 0 fully saturated rings. The molecule has 0 saturated carbocycles. The molecule has 0 bridgehead atoms. The van der Waals surface area contributed by atoms with Crippen molar-refractivity contribution in [2.45, 2.75) is 6.10 Å². The molecule has 62 valence electrons. The monoisotopic (exact) mass is 167 g/mol. The van der Waals surface area contributed by atoms with E-state index in [0.29, 0.717) is 11.3 Å². The second kappa shape index (κ2) is 2.28. The fraction of sp³-hybridized carbons (Fsp3) is 0.125. The first-order valence-electron chi connectivity index (χ1n) is 3.47. The summed E-state index contributed by atoms with van der Waals surface area (Å²) < 4.78 is 12.6. The molecule has 2 N–H and O–H groups in total. The molecule has 2 rings (SSSR count). The number of hydrogen-bond acceptors (Lipinski definition) is 2. The Hall–Kier alpha value is -1.42. The van der Waals surface area contributed by atoms with E-state index in [1.54, 1.807) is 0 Å². The largest absolute Gasteiger partial charge is 0.378 e. The Balaban J connectivity index is 2.54. The number of halogens is 1. The molecule has 1 amide bonds. The second-order valence-electron chi connectivity index (χ2n) is 2.62. The first kappa shape index (κ1) is 7.24. The maximum Gasteiger partial charge on any atom is 0.257 e. The summed E-state index contributed by atoms with van der Waals surface area (Å²) in [4.78, 5) is 10.9. The number of carbonyl (C=O) groups is 1. The van der Waals surface area contributed by atoms with Crippen LogP contribution in [0.3, 0.4) is 0 Å². The fourth-order valence-corrected chi connectivity index (χ4v) is 1.22. The molecule has 0 aromatic heterocycles. The number of carbonyl (C=O) groups excluding carboxylic acids is 1. The predicted octanol–water partition coefficient (Wildman–Crippen LogP) is 0.811. The zero-order valence-electron chi connectivity index (χ0n) is 6.04. The van der Waals surface area contributed by atoms with Gasteiger partial charge in [0.1, 0.15) is 5.82 Å². The third-order valence-corrected chi connectivity index (χ3v) is 1.82. The minimum absolute atomic E-state index is 0.354. The molecular weight excluding hydrogens is 161 g/mol. The summed E-state index contributed by atoms with van der Waals surface area (Å²) in [6.45, 7) is 0. The van der Waals surface area contributed by atoms with Gasteiger partial charge < -0.3 is 10.4 Å². The van der Waals surface area contributed by atoms with Gasteiger partial charge in [-0.15, -0.1) is 0 Å². The number of nitrogens with one attached hydrogen (secondary N) is 1. The normalized spacial score (nSPS) is 20.5. The lowest BCUT2D eigenvalue weighted by Gasteiger charge is -1.98. The maximum atomic E-state index is 12.6. The van der Waals surface area contributed by atoms with Crippen molar-refractivity contribution >= 4 is 11.6 Å². The van der Waals surface area contributed by atoms with Crippen LogP contribution in [0.2, 0.25) is 0 Å². The minimum atomic E-state index is -1.15. The molecule has 1 heterocycles. The summed E-state index contributed by atoms with van der Waals surface area (Å²) in [6.07, 6.45) is -1.15. The Bertz CT molecular complexity index is 351. The molecule has 1 aromatic carbocycles. The topological polar surface area (TPSA) is 49.3 Å². The van der Waals surface area contributed by atoms with Crippen LogP contribution in [0.1, 0.15) is 11.7 Å². The number of aliphatic hydroxyl groups excluding tert-OH is 1. The van der Waals surface area contributed by atoms with E-state index in [0.717, 1.165) is 0 Å². The maximum absolute atomic E-state index is 12.6. The average molecular weight is 167 g/mol. The van der Waals surface area contributed by atoms with Crippen LogP contribution in [0.15, 0.2) is 18.2 Å². The van der Waals surface area contributed by atoms with Gasteiger partial charge in [0.15, 0.2) is 6.10 Å². The molecule has 0 saturated heterocycles. The van der Waals surface area contributed by atoms with Gasteiger partial charge in [-0.05, 0) is 12.1 Å². The van der Waals surface area contributed by atoms with Crippen LogP contribution >= 0.6 is 0 Å². The molecule has 0 aliphatic carbocycles. The van der Waals surface area contributed by atoms with Crippen LogP contribution in [-0.2, 0) is 4.79 Å². The highest BCUT2D eigenvalue weighted by Gasteiger charge is 2.28. The van der Waals surface area contributed by atoms with Crippen LogP contribution in [-0.4, -0.2) is 11.0 Å². The van der Waals surface area contributed by atoms with E-state index in [9.17, 15) is 14.3 Å². The lowest BCUT2D eigenvalue weighted by atomic mass is 10.1. The van der Waals surface area contributed by atoms with E-state index in [2.05, 4.69) is 5.32 Å². The second-order valence-corrected chi connectivity index (χ2v) is 2.62. The first-order chi connectivity index (χ1) is 5.68. The summed E-state index contributed by atoms with van der Waals surface area (Å²) in [7, 11) is 0. The van der Waals surface area contributed by atoms with Crippen molar-refractivity contribution in [1.82, 2.24) is 0 Å². The number of amides is 1. The average Bonchev–Trinajstić information content (AvgIpc) is 2.28. The van der Waals surface area contributed by atoms with Gasteiger partial charge in [-0.2, -0.15) is 0 Å². The molecule has 1 unspecified atom stereocenters. The molecule has 3 nitrogen and oxygen atoms in total. The molecule has 1 aliphatic heterocycles. The smallest absolute Gasteiger partial charge is 0.257 e. The van der Waals surface area contributed by atoms with Crippen LogP contribution in [0.25, 0.3) is 0 Å². The molecular formula is C8H6FNO2.